The van der Waals surface area contributed by atoms with Crippen LogP contribution in [0.15, 0.2) is 0 Å². The van der Waals surface area contributed by atoms with Gasteiger partial charge in [-0.3, -0.25) is 0 Å². The van der Waals surface area contributed by atoms with Crippen molar-refractivity contribution in [3.8, 4) is 0 Å². The smallest absolute Gasteiger partial charge is 0.360 e. The summed E-state index contributed by atoms with van der Waals surface area (Å²) < 4.78 is 7.44. The van der Waals surface area contributed by atoms with E-state index >= 15 is 0 Å². The third kappa shape index (κ3) is 8.57. The van der Waals surface area contributed by atoms with Gasteiger partial charge in [-0.05, 0) is 18.8 Å². The minimum atomic E-state index is 0. The highest BCUT2D eigenvalue weighted by Gasteiger charge is 2.36. The molecule has 0 aliphatic carbocycles. The first-order valence-corrected chi connectivity index (χ1v) is 10.7. The highest BCUT2D eigenvalue weighted by atomic mass is 79.9. The van der Waals surface area contributed by atoms with Gasteiger partial charge in [0, 0.05) is 0 Å². The van der Waals surface area contributed by atoms with Gasteiger partial charge in [-0.2, -0.15) is 5.05 Å². The van der Waals surface area contributed by atoms with E-state index in [0.717, 1.165) is 10.5 Å². The molecule has 0 bridgehead atoms. The Labute approximate surface area is 138 Å². The molecule has 0 saturated carbocycles. The molecule has 0 rings (SSSR count). The lowest BCUT2D eigenvalue weighted by molar-refractivity contribution is -0.0194. The largest absolute Gasteiger partial charge is 0.422 e. The molecule has 1 unspecified atom stereocenters. The first-order valence-electron chi connectivity index (χ1n) is 7.42. The summed E-state index contributed by atoms with van der Waals surface area (Å²) in [6, 6.07) is 0. The zero-order chi connectivity index (χ0) is 13.4. The molecule has 0 heterocycles. The lowest BCUT2D eigenvalue weighted by Crippen LogP contribution is -2.42. The Morgan fingerprint density at radius 1 is 0.944 bits per heavy atom. The fourth-order valence-electron chi connectivity index (χ4n) is 2.20. The lowest BCUT2D eigenvalue weighted by atomic mass is 9.75. The van der Waals surface area contributed by atoms with E-state index in [1.54, 1.807) is 4.55 Å². The number of unbranched alkanes of at least 4 members (excludes halogenated alkanes) is 4. The molecule has 0 aromatic heterocycles. The molecular weight excluding hydrogens is 316 g/mol. The molecule has 0 aliphatic rings. The van der Waals surface area contributed by atoms with Gasteiger partial charge in [0.2, 0.25) is 0 Å². The predicted octanol–water partition coefficient (Wildman–Crippen LogP) is 4.18. The summed E-state index contributed by atoms with van der Waals surface area (Å²) in [5.74, 6) is 0. The van der Waals surface area contributed by atoms with Crippen molar-refractivity contribution in [2.24, 2.45) is 5.41 Å². The van der Waals surface area contributed by atoms with Crippen LogP contribution in [0.4, 0.5) is 0 Å². The van der Waals surface area contributed by atoms with E-state index in [1.807, 2.05) is 0 Å². The highest BCUT2D eigenvalue weighted by Crippen LogP contribution is 2.37. The molecular formula is C14H33BrMgOSi. The second kappa shape index (κ2) is 11.1. The van der Waals surface area contributed by atoms with Gasteiger partial charge in [0.05, 0.1) is 5.60 Å². The van der Waals surface area contributed by atoms with E-state index < -0.39 is 0 Å². The summed E-state index contributed by atoms with van der Waals surface area (Å²) >= 11 is 0.314. The van der Waals surface area contributed by atoms with E-state index in [9.17, 15) is 0 Å². The monoisotopic (exact) mass is 348 g/mol. The molecule has 4 heteroatoms. The van der Waals surface area contributed by atoms with Crippen molar-refractivity contribution in [1.29, 1.82) is 0 Å². The minimum absolute atomic E-state index is 0. The van der Waals surface area contributed by atoms with Crippen molar-refractivity contribution < 1.29 is 4.43 Å². The Morgan fingerprint density at radius 3 is 1.89 bits per heavy atom. The van der Waals surface area contributed by atoms with Crippen LogP contribution in [0, 0.1) is 5.41 Å². The summed E-state index contributed by atoms with van der Waals surface area (Å²) in [5.41, 5.74) is 0.359. The number of hydrogen-bond donors (Lipinski definition) is 0. The van der Waals surface area contributed by atoms with Gasteiger partial charge in [0.1, 0.15) is 10.5 Å². The molecule has 1 atom stereocenters. The first kappa shape index (κ1) is 21.7. The molecule has 0 N–H and O–H groups in total. The lowest BCUT2D eigenvalue weighted by Gasteiger charge is -2.41. The first-order chi connectivity index (χ1) is 7.87. The zero-order valence-corrected chi connectivity index (χ0v) is 18.6. The van der Waals surface area contributed by atoms with Crippen molar-refractivity contribution in [2.75, 3.05) is 0 Å². The van der Waals surface area contributed by atoms with Gasteiger partial charge in [-0.1, -0.05) is 52.9 Å². The van der Waals surface area contributed by atoms with Crippen molar-refractivity contribution >= 4 is 47.8 Å². The molecule has 0 spiro atoms. The van der Waals surface area contributed by atoms with Gasteiger partial charge in [-0.15, -0.1) is 21.5 Å². The third-order valence-corrected chi connectivity index (χ3v) is 6.40. The Kier molecular flexibility index (Phi) is 13.4. The average molecular weight is 350 g/mol. The molecule has 18 heavy (non-hydrogen) atoms. The van der Waals surface area contributed by atoms with E-state index in [1.165, 1.54) is 38.5 Å². The van der Waals surface area contributed by atoms with Crippen molar-refractivity contribution in [3.63, 3.8) is 0 Å². The van der Waals surface area contributed by atoms with Crippen LogP contribution in [0.25, 0.3) is 0 Å². The Hall–Kier alpha value is 1.42. The predicted molar refractivity (Wildman–Crippen MR) is 93.3 cm³/mol. The average Bonchev–Trinajstić information content (AvgIpc) is 2.26. The van der Waals surface area contributed by atoms with Crippen LogP contribution in [-0.4, -0.2) is 36.5 Å². The minimum Gasteiger partial charge on any atom is -0.422 e. The van der Waals surface area contributed by atoms with Gasteiger partial charge in [0.15, 0.2) is 0 Å². The van der Waals surface area contributed by atoms with Crippen molar-refractivity contribution in [2.45, 2.75) is 81.4 Å². The van der Waals surface area contributed by atoms with Gasteiger partial charge in [-0.25, -0.2) is 0 Å². The number of rotatable bonds is 9. The van der Waals surface area contributed by atoms with Crippen LogP contribution < -0.4 is 0 Å². The van der Waals surface area contributed by atoms with E-state index in [-0.39, 0.29) is 28.0 Å². The molecule has 108 valence electrons. The quantitative estimate of drug-likeness (QED) is 0.448. The molecule has 0 fully saturated rings. The molecule has 1 nitrogen and oxygen atoms in total. The third-order valence-electron chi connectivity index (χ3n) is 4.29. The van der Waals surface area contributed by atoms with Gasteiger partial charge in [0.25, 0.3) is 0 Å². The number of hydrogen-bond acceptors (Lipinski definition) is 1. The second-order valence-electron chi connectivity index (χ2n) is 6.56. The van der Waals surface area contributed by atoms with Crippen molar-refractivity contribution in [1.82, 2.24) is 0 Å². The Bertz CT molecular complexity index is 197. The summed E-state index contributed by atoms with van der Waals surface area (Å²) in [5, 5.41) is 2.41. The molecule has 0 aromatic carbocycles. The number of halogens is 1. The fraction of sp³-hybridized carbons (Fsp3) is 1.00. The van der Waals surface area contributed by atoms with E-state index in [0.29, 0.717) is 20.4 Å². The van der Waals surface area contributed by atoms with Crippen molar-refractivity contribution in [3.05, 3.63) is 0 Å². The summed E-state index contributed by atoms with van der Waals surface area (Å²) in [4.78, 5) is 0. The van der Waals surface area contributed by atoms with E-state index in [4.69, 9.17) is 4.43 Å². The zero-order valence-electron chi connectivity index (χ0n) is 13.5. The highest BCUT2D eigenvalue weighted by molar-refractivity contribution is 8.93. The molecule has 0 aliphatic heterocycles. The maximum atomic E-state index is 5.89. The van der Waals surface area contributed by atoms with Crippen LogP contribution in [-0.2, 0) is 4.43 Å². The van der Waals surface area contributed by atoms with Gasteiger partial charge < -0.3 is 4.43 Å². The topological polar surface area (TPSA) is 9.23 Å². The Morgan fingerprint density at radius 2 is 1.44 bits per heavy atom. The Balaban J connectivity index is 0. The summed E-state index contributed by atoms with van der Waals surface area (Å²) in [7, 11) is 0.853. The van der Waals surface area contributed by atoms with Crippen LogP contribution in [0.2, 0.25) is 9.60 Å². The molecule has 0 saturated heterocycles. The van der Waals surface area contributed by atoms with E-state index in [2.05, 4.69) is 32.7 Å². The molecule has 0 radical (unpaired) electrons. The van der Waals surface area contributed by atoms with Crippen LogP contribution >= 0.6 is 17.0 Å². The fourth-order valence-corrected chi connectivity index (χ4v) is 3.87. The standard InChI is InChI=1S/C13H29OSi.CH3.BrH.Mg/c1-6-7-8-9-10-11-13(5,14-15)12(2,3)4;;;/h1,6-11H2,2-5,15H3;1H3;1H;. The maximum absolute atomic E-state index is 5.89. The second-order valence-corrected chi connectivity index (χ2v) is 8.67. The normalized spacial score (nSPS) is 14.7. The van der Waals surface area contributed by atoms with Crippen LogP contribution in [0.5, 0.6) is 0 Å². The van der Waals surface area contributed by atoms with Crippen LogP contribution in [0.1, 0.15) is 66.2 Å². The summed E-state index contributed by atoms with van der Waals surface area (Å²) in [6.07, 6.45) is 8.31. The maximum Gasteiger partial charge on any atom is 0.360 e. The SMILES string of the molecule is Br.[CH3][Mg][CH2]CCCCCCC(C)(O[SiH3])C(C)(C)C. The van der Waals surface area contributed by atoms with Gasteiger partial charge >= 0.3 is 20.4 Å². The molecule has 0 aromatic rings. The summed E-state index contributed by atoms with van der Waals surface area (Å²) in [6.45, 7) is 9.20. The van der Waals surface area contributed by atoms with Crippen LogP contribution in [0.3, 0.4) is 0 Å². The molecule has 0 amide bonds.